The maximum absolute atomic E-state index is 12.1. The molecule has 0 aliphatic carbocycles. The molecular formula is C14H16N2O3. The quantitative estimate of drug-likeness (QED) is 0.791. The van der Waals surface area contributed by atoms with E-state index in [9.17, 15) is 4.79 Å². The number of likely N-dealkylation sites (tertiary alicyclic amines) is 1. The summed E-state index contributed by atoms with van der Waals surface area (Å²) in [6.45, 7) is 1.85. The maximum atomic E-state index is 12.1. The number of esters is 1. The lowest BCUT2D eigenvalue weighted by Gasteiger charge is -2.25. The van der Waals surface area contributed by atoms with E-state index in [1.54, 1.807) is 0 Å². The topological polar surface area (TPSA) is 55.6 Å². The second-order valence-electron chi connectivity index (χ2n) is 4.75. The predicted octanol–water partition coefficient (Wildman–Crippen LogP) is 2.14. The van der Waals surface area contributed by atoms with Crippen LogP contribution in [0.1, 0.15) is 24.4 Å². The molecule has 100 valence electrons. The number of fused-ring (bicyclic) bond motifs is 1. The number of carbonyl (C=O) groups excluding carboxylic acids is 1. The third-order valence-electron chi connectivity index (χ3n) is 3.60. The highest BCUT2D eigenvalue weighted by molar-refractivity contribution is 5.80. The summed E-state index contributed by atoms with van der Waals surface area (Å²) < 4.78 is 10.2. The summed E-state index contributed by atoms with van der Waals surface area (Å²) >= 11 is 0. The molecule has 1 saturated heterocycles. The Labute approximate surface area is 111 Å². The van der Waals surface area contributed by atoms with Crippen molar-refractivity contribution in [1.82, 2.24) is 9.88 Å². The Morgan fingerprint density at radius 1 is 1.42 bits per heavy atom. The van der Waals surface area contributed by atoms with Crippen LogP contribution in [-0.4, -0.2) is 36.1 Å². The van der Waals surface area contributed by atoms with Crippen molar-refractivity contribution in [1.29, 1.82) is 0 Å². The van der Waals surface area contributed by atoms with Gasteiger partial charge in [-0.1, -0.05) is 6.07 Å². The normalized spacial score (nSPS) is 17.7. The molecule has 2 heterocycles. The molecule has 5 heteroatoms. The summed E-state index contributed by atoms with van der Waals surface area (Å²) in [4.78, 5) is 18.3. The van der Waals surface area contributed by atoms with E-state index in [1.165, 1.54) is 13.5 Å². The van der Waals surface area contributed by atoms with Gasteiger partial charge in [0.25, 0.3) is 0 Å². The molecule has 1 atom stereocenters. The van der Waals surface area contributed by atoms with E-state index in [-0.39, 0.29) is 12.0 Å². The Morgan fingerprint density at radius 2 is 2.21 bits per heavy atom. The van der Waals surface area contributed by atoms with Gasteiger partial charge in [0.05, 0.1) is 7.11 Å². The molecule has 0 saturated carbocycles. The molecule has 0 amide bonds. The monoisotopic (exact) mass is 260 g/mol. The first-order valence-corrected chi connectivity index (χ1v) is 6.44. The van der Waals surface area contributed by atoms with Crippen LogP contribution < -0.4 is 0 Å². The second kappa shape index (κ2) is 5.01. The zero-order valence-corrected chi connectivity index (χ0v) is 10.8. The minimum absolute atomic E-state index is 0.222. The average molecular weight is 260 g/mol. The lowest BCUT2D eigenvalue weighted by molar-refractivity contribution is -0.146. The summed E-state index contributed by atoms with van der Waals surface area (Å²) in [5, 5.41) is 0. The van der Waals surface area contributed by atoms with Gasteiger partial charge in [-0.2, -0.15) is 0 Å². The Balaban J connectivity index is 1.99. The van der Waals surface area contributed by atoms with Gasteiger partial charge < -0.3 is 9.15 Å². The highest BCUT2D eigenvalue weighted by atomic mass is 16.5. The van der Waals surface area contributed by atoms with Crippen molar-refractivity contribution in [3.63, 3.8) is 0 Å². The number of oxazole rings is 1. The van der Waals surface area contributed by atoms with Crippen LogP contribution in [0.15, 0.2) is 29.0 Å². The Kier molecular flexibility index (Phi) is 3.21. The average Bonchev–Trinajstić information content (AvgIpc) is 3.08. The zero-order chi connectivity index (χ0) is 13.2. The van der Waals surface area contributed by atoms with Crippen LogP contribution in [-0.2, 0) is 9.53 Å². The van der Waals surface area contributed by atoms with Gasteiger partial charge in [0.1, 0.15) is 11.6 Å². The molecule has 19 heavy (non-hydrogen) atoms. The van der Waals surface area contributed by atoms with Crippen molar-refractivity contribution >= 4 is 17.1 Å². The van der Waals surface area contributed by atoms with Crippen molar-refractivity contribution in [2.24, 2.45) is 0 Å². The minimum atomic E-state index is -0.345. The fourth-order valence-electron chi connectivity index (χ4n) is 2.65. The van der Waals surface area contributed by atoms with E-state index in [1.807, 2.05) is 18.2 Å². The molecule has 0 bridgehead atoms. The zero-order valence-electron chi connectivity index (χ0n) is 10.8. The molecule has 1 aromatic carbocycles. The number of hydrogen-bond donors (Lipinski definition) is 0. The molecule has 0 radical (unpaired) electrons. The minimum Gasteiger partial charge on any atom is -0.468 e. The Bertz CT molecular complexity index is 587. The number of benzene rings is 1. The van der Waals surface area contributed by atoms with E-state index < -0.39 is 0 Å². The van der Waals surface area contributed by atoms with Gasteiger partial charge in [-0.25, -0.2) is 9.78 Å². The molecule has 5 nitrogen and oxygen atoms in total. The molecule has 1 aliphatic heterocycles. The number of ether oxygens (including phenoxy) is 1. The van der Waals surface area contributed by atoms with Gasteiger partial charge in [-0.05, 0) is 43.6 Å². The SMILES string of the molecule is COC(=O)C(c1ccc2ncoc2c1)N1CCCC1. The van der Waals surface area contributed by atoms with Crippen LogP contribution in [0.25, 0.3) is 11.1 Å². The van der Waals surface area contributed by atoms with Crippen LogP contribution in [0.4, 0.5) is 0 Å². The summed E-state index contributed by atoms with van der Waals surface area (Å²) in [5.41, 5.74) is 2.40. The molecule has 3 rings (SSSR count). The number of carbonyl (C=O) groups is 1. The molecule has 1 aromatic heterocycles. The Morgan fingerprint density at radius 3 is 2.95 bits per heavy atom. The van der Waals surface area contributed by atoms with Gasteiger partial charge in [-0.3, -0.25) is 4.90 Å². The van der Waals surface area contributed by atoms with Crippen LogP contribution in [0, 0.1) is 0 Å². The van der Waals surface area contributed by atoms with Crippen molar-refractivity contribution in [2.75, 3.05) is 20.2 Å². The number of rotatable bonds is 3. The van der Waals surface area contributed by atoms with E-state index in [0.717, 1.165) is 37.0 Å². The van der Waals surface area contributed by atoms with Gasteiger partial charge in [0.15, 0.2) is 12.0 Å². The lowest BCUT2D eigenvalue weighted by Crippen LogP contribution is -2.32. The smallest absolute Gasteiger partial charge is 0.327 e. The lowest BCUT2D eigenvalue weighted by atomic mass is 10.1. The molecule has 0 N–H and O–H groups in total. The third-order valence-corrected chi connectivity index (χ3v) is 3.60. The van der Waals surface area contributed by atoms with Crippen molar-refractivity contribution in [3.8, 4) is 0 Å². The van der Waals surface area contributed by atoms with Crippen molar-refractivity contribution in [2.45, 2.75) is 18.9 Å². The van der Waals surface area contributed by atoms with Gasteiger partial charge >= 0.3 is 5.97 Å². The number of nitrogens with zero attached hydrogens (tertiary/aromatic N) is 2. The van der Waals surface area contributed by atoms with Crippen LogP contribution >= 0.6 is 0 Å². The summed E-state index contributed by atoms with van der Waals surface area (Å²) in [5.74, 6) is -0.222. The number of aromatic nitrogens is 1. The fraction of sp³-hybridized carbons (Fsp3) is 0.429. The largest absolute Gasteiger partial charge is 0.468 e. The van der Waals surface area contributed by atoms with Crippen LogP contribution in [0.5, 0.6) is 0 Å². The first-order valence-electron chi connectivity index (χ1n) is 6.44. The fourth-order valence-corrected chi connectivity index (χ4v) is 2.65. The highest BCUT2D eigenvalue weighted by Crippen LogP contribution is 2.28. The third kappa shape index (κ3) is 2.21. The number of methoxy groups -OCH3 is 1. The standard InChI is InChI=1S/C14H16N2O3/c1-18-14(17)13(16-6-2-3-7-16)10-4-5-11-12(8-10)19-9-15-11/h4-5,8-9,13H,2-3,6-7H2,1H3. The predicted molar refractivity (Wildman–Crippen MR) is 69.6 cm³/mol. The van der Waals surface area contributed by atoms with Crippen LogP contribution in [0.3, 0.4) is 0 Å². The Hall–Kier alpha value is -1.88. The number of hydrogen-bond acceptors (Lipinski definition) is 5. The van der Waals surface area contributed by atoms with Crippen LogP contribution in [0.2, 0.25) is 0 Å². The molecule has 1 fully saturated rings. The van der Waals surface area contributed by atoms with E-state index in [2.05, 4.69) is 9.88 Å². The summed E-state index contributed by atoms with van der Waals surface area (Å²) in [6.07, 6.45) is 3.66. The summed E-state index contributed by atoms with van der Waals surface area (Å²) in [6, 6.07) is 5.33. The van der Waals surface area contributed by atoms with E-state index in [4.69, 9.17) is 9.15 Å². The maximum Gasteiger partial charge on any atom is 0.327 e. The van der Waals surface area contributed by atoms with E-state index in [0.29, 0.717) is 5.58 Å². The molecular weight excluding hydrogens is 244 g/mol. The molecule has 1 aliphatic rings. The van der Waals surface area contributed by atoms with Crippen molar-refractivity contribution in [3.05, 3.63) is 30.2 Å². The van der Waals surface area contributed by atoms with Gasteiger partial charge in [0, 0.05) is 0 Å². The van der Waals surface area contributed by atoms with Gasteiger partial charge in [0.2, 0.25) is 0 Å². The van der Waals surface area contributed by atoms with Gasteiger partial charge in [-0.15, -0.1) is 0 Å². The van der Waals surface area contributed by atoms with E-state index >= 15 is 0 Å². The molecule has 1 unspecified atom stereocenters. The second-order valence-corrected chi connectivity index (χ2v) is 4.75. The molecule has 2 aromatic rings. The highest BCUT2D eigenvalue weighted by Gasteiger charge is 2.30. The molecule has 0 spiro atoms. The first kappa shape index (κ1) is 12.2. The van der Waals surface area contributed by atoms with Crippen molar-refractivity contribution < 1.29 is 13.9 Å². The first-order chi connectivity index (χ1) is 9.29. The summed E-state index contributed by atoms with van der Waals surface area (Å²) in [7, 11) is 1.43.